The Morgan fingerprint density at radius 1 is 0.966 bits per heavy atom. The van der Waals surface area contributed by atoms with Crippen LogP contribution in [0.3, 0.4) is 0 Å². The van der Waals surface area contributed by atoms with E-state index in [1.165, 1.54) is 0 Å². The van der Waals surface area contributed by atoms with Crippen molar-refractivity contribution in [2.75, 3.05) is 18.6 Å². The molecule has 0 aromatic heterocycles. The van der Waals surface area contributed by atoms with Crippen LogP contribution >= 0.6 is 0 Å². The zero-order valence-corrected chi connectivity index (χ0v) is 16.5. The molecule has 0 aliphatic carbocycles. The summed E-state index contributed by atoms with van der Waals surface area (Å²) in [6, 6.07) is 26.0. The number of urea groups is 1. The van der Waals surface area contributed by atoms with Crippen LogP contribution in [0.4, 0.5) is 10.5 Å². The van der Waals surface area contributed by atoms with E-state index in [2.05, 4.69) is 24.8 Å². The zero-order valence-electron chi connectivity index (χ0n) is 16.5. The molecule has 4 heteroatoms. The van der Waals surface area contributed by atoms with Gasteiger partial charge in [0.25, 0.3) is 0 Å². The zero-order chi connectivity index (χ0) is 20.2. The average Bonchev–Trinajstić information content (AvgIpc) is 2.78. The molecule has 1 unspecified atom stereocenters. The Balaban J connectivity index is 1.81. The van der Waals surface area contributed by atoms with Crippen molar-refractivity contribution in [1.29, 1.82) is 0 Å². The highest BCUT2D eigenvalue weighted by Gasteiger charge is 2.37. The number of carbonyl (C=O) groups excluding carboxylic acids is 1. The number of anilines is 1. The van der Waals surface area contributed by atoms with Gasteiger partial charge in [-0.2, -0.15) is 0 Å². The van der Waals surface area contributed by atoms with E-state index < -0.39 is 0 Å². The monoisotopic (exact) mass is 384 g/mol. The molecule has 1 aliphatic heterocycles. The minimum atomic E-state index is -0.150. The number of hydrogen-bond acceptors (Lipinski definition) is 2. The van der Waals surface area contributed by atoms with Crippen molar-refractivity contribution < 1.29 is 9.53 Å². The number of ether oxygens (including phenoxy) is 1. The number of nitrogens with zero attached hydrogens (tertiary/aromatic N) is 2. The highest BCUT2D eigenvalue weighted by molar-refractivity contribution is 5.96. The first-order valence-electron chi connectivity index (χ1n) is 9.68. The number of fused-ring (bicyclic) bond motifs is 1. The maximum atomic E-state index is 13.6. The van der Waals surface area contributed by atoms with Gasteiger partial charge in [0.05, 0.1) is 18.8 Å². The second kappa shape index (κ2) is 8.23. The maximum Gasteiger partial charge on any atom is 0.325 e. The lowest BCUT2D eigenvalue weighted by molar-refractivity contribution is 0.183. The van der Waals surface area contributed by atoms with Gasteiger partial charge >= 0.3 is 6.03 Å². The van der Waals surface area contributed by atoms with Crippen molar-refractivity contribution in [1.82, 2.24) is 4.90 Å². The van der Waals surface area contributed by atoms with E-state index in [1.807, 2.05) is 65.6 Å². The largest absolute Gasteiger partial charge is 0.497 e. The molecule has 1 atom stereocenters. The molecule has 1 aliphatic rings. The summed E-state index contributed by atoms with van der Waals surface area (Å²) < 4.78 is 5.27. The van der Waals surface area contributed by atoms with E-state index >= 15 is 0 Å². The topological polar surface area (TPSA) is 32.8 Å². The highest BCUT2D eigenvalue weighted by Crippen LogP contribution is 2.41. The van der Waals surface area contributed by atoms with E-state index in [1.54, 1.807) is 18.1 Å². The SMILES string of the molecule is C=CCN1C(=O)N(Cc2ccc(OC)cc2)C(c2ccccc2)c2ccccc21. The number of benzene rings is 3. The Morgan fingerprint density at radius 2 is 1.66 bits per heavy atom. The van der Waals surface area contributed by atoms with E-state index in [0.29, 0.717) is 13.1 Å². The van der Waals surface area contributed by atoms with Gasteiger partial charge in [0.1, 0.15) is 5.75 Å². The van der Waals surface area contributed by atoms with Gasteiger partial charge in [0, 0.05) is 18.7 Å². The summed E-state index contributed by atoms with van der Waals surface area (Å²) in [6.45, 7) is 4.81. The van der Waals surface area contributed by atoms with E-state index in [-0.39, 0.29) is 12.1 Å². The van der Waals surface area contributed by atoms with Gasteiger partial charge in [-0.15, -0.1) is 6.58 Å². The number of amides is 2. The Bertz CT molecular complexity index is 999. The van der Waals surface area contributed by atoms with Gasteiger partial charge in [-0.1, -0.05) is 66.7 Å². The van der Waals surface area contributed by atoms with Crippen LogP contribution in [0.15, 0.2) is 91.5 Å². The first-order valence-corrected chi connectivity index (χ1v) is 9.68. The molecule has 0 saturated carbocycles. The maximum absolute atomic E-state index is 13.6. The van der Waals surface area contributed by atoms with E-state index in [9.17, 15) is 4.79 Å². The van der Waals surface area contributed by atoms with Crippen molar-refractivity contribution >= 4 is 11.7 Å². The Morgan fingerprint density at radius 3 is 2.34 bits per heavy atom. The summed E-state index contributed by atoms with van der Waals surface area (Å²) >= 11 is 0. The molecule has 0 N–H and O–H groups in total. The molecule has 0 fully saturated rings. The van der Waals surface area contributed by atoms with Gasteiger partial charge < -0.3 is 9.64 Å². The smallest absolute Gasteiger partial charge is 0.325 e. The fraction of sp³-hybridized carbons (Fsp3) is 0.160. The number of carbonyl (C=O) groups is 1. The predicted molar refractivity (Wildman–Crippen MR) is 116 cm³/mol. The van der Waals surface area contributed by atoms with Crippen LogP contribution in [0.25, 0.3) is 0 Å². The average molecular weight is 384 g/mol. The lowest BCUT2D eigenvalue weighted by Gasteiger charge is -2.42. The molecule has 2 amide bonds. The van der Waals surface area contributed by atoms with Crippen molar-refractivity contribution in [3.8, 4) is 5.75 Å². The molecule has 146 valence electrons. The van der Waals surface area contributed by atoms with Gasteiger partial charge in [-0.25, -0.2) is 4.79 Å². The van der Waals surface area contributed by atoms with Crippen LogP contribution in [0.1, 0.15) is 22.7 Å². The van der Waals surface area contributed by atoms with Crippen LogP contribution in [0.5, 0.6) is 5.75 Å². The lowest BCUT2D eigenvalue weighted by Crippen LogP contribution is -2.49. The van der Waals surface area contributed by atoms with Crippen LogP contribution in [0, 0.1) is 0 Å². The number of rotatable bonds is 6. The summed E-state index contributed by atoms with van der Waals surface area (Å²) in [4.78, 5) is 17.3. The second-order valence-corrected chi connectivity index (χ2v) is 7.03. The molecule has 4 nitrogen and oxygen atoms in total. The third kappa shape index (κ3) is 3.61. The molecule has 1 heterocycles. The summed E-state index contributed by atoms with van der Waals surface area (Å²) in [6.07, 6.45) is 1.77. The van der Waals surface area contributed by atoms with Crippen LogP contribution in [0.2, 0.25) is 0 Å². The third-order valence-corrected chi connectivity index (χ3v) is 5.25. The number of hydrogen-bond donors (Lipinski definition) is 0. The second-order valence-electron chi connectivity index (χ2n) is 7.03. The molecule has 0 bridgehead atoms. The minimum absolute atomic E-state index is 0.0201. The summed E-state index contributed by atoms with van der Waals surface area (Å²) in [7, 11) is 1.65. The van der Waals surface area contributed by atoms with Crippen molar-refractivity contribution in [3.63, 3.8) is 0 Å². The first kappa shape index (κ1) is 18.8. The van der Waals surface area contributed by atoms with Crippen LogP contribution in [-0.4, -0.2) is 24.6 Å². The van der Waals surface area contributed by atoms with Gasteiger partial charge in [-0.3, -0.25) is 4.90 Å². The van der Waals surface area contributed by atoms with Gasteiger partial charge in [0.2, 0.25) is 0 Å². The minimum Gasteiger partial charge on any atom is -0.497 e. The fourth-order valence-electron chi connectivity index (χ4n) is 3.89. The van der Waals surface area contributed by atoms with Crippen molar-refractivity contribution in [2.24, 2.45) is 0 Å². The van der Waals surface area contributed by atoms with Crippen LogP contribution in [-0.2, 0) is 6.54 Å². The summed E-state index contributed by atoms with van der Waals surface area (Å²) in [5.41, 5.74) is 4.21. The van der Waals surface area contributed by atoms with Crippen molar-refractivity contribution in [3.05, 3.63) is 108 Å². The molecule has 0 saturated heterocycles. The normalized spacial score (nSPS) is 15.8. The third-order valence-electron chi connectivity index (χ3n) is 5.25. The number of methoxy groups -OCH3 is 1. The molecule has 0 radical (unpaired) electrons. The van der Waals surface area contributed by atoms with E-state index in [0.717, 1.165) is 28.1 Å². The number of para-hydroxylation sites is 1. The molecule has 29 heavy (non-hydrogen) atoms. The molecular weight excluding hydrogens is 360 g/mol. The van der Waals surface area contributed by atoms with Crippen molar-refractivity contribution in [2.45, 2.75) is 12.6 Å². The molecule has 0 spiro atoms. The summed E-state index contributed by atoms with van der Waals surface area (Å²) in [5.74, 6) is 0.803. The molecule has 3 aromatic rings. The molecular formula is C25H24N2O2. The van der Waals surface area contributed by atoms with Gasteiger partial charge in [0.15, 0.2) is 0 Å². The van der Waals surface area contributed by atoms with E-state index in [4.69, 9.17) is 4.74 Å². The fourth-order valence-corrected chi connectivity index (χ4v) is 3.89. The predicted octanol–water partition coefficient (Wildman–Crippen LogP) is 5.41. The molecule has 3 aromatic carbocycles. The van der Waals surface area contributed by atoms with Gasteiger partial charge in [-0.05, 0) is 29.3 Å². The lowest BCUT2D eigenvalue weighted by atomic mass is 9.92. The Kier molecular flexibility index (Phi) is 5.34. The Labute approximate surface area is 171 Å². The Hall–Kier alpha value is -3.53. The highest BCUT2D eigenvalue weighted by atomic mass is 16.5. The standard InChI is InChI=1S/C25H24N2O2/c1-3-17-26-23-12-8-7-11-22(23)24(20-9-5-4-6-10-20)27(25(26)28)18-19-13-15-21(29-2)16-14-19/h3-16,24H,1,17-18H2,2H3. The first-order chi connectivity index (χ1) is 14.2. The van der Waals surface area contributed by atoms with Crippen LogP contribution < -0.4 is 9.64 Å². The molecule has 4 rings (SSSR count). The quantitative estimate of drug-likeness (QED) is 0.532. The summed E-state index contributed by atoms with van der Waals surface area (Å²) in [5, 5.41) is 0.